The molecule has 2 aromatic rings. The molecule has 2 rings (SSSR count). The Morgan fingerprint density at radius 1 is 1.03 bits per heavy atom. The maximum absolute atomic E-state index is 13.2. The van der Waals surface area contributed by atoms with Gasteiger partial charge in [0.05, 0.1) is 16.5 Å². The second-order valence-corrected chi connectivity index (χ2v) is 8.24. The lowest BCUT2D eigenvalue weighted by atomic mass is 10.1. The van der Waals surface area contributed by atoms with Crippen molar-refractivity contribution in [1.29, 1.82) is 0 Å². The van der Waals surface area contributed by atoms with E-state index in [1.54, 1.807) is 24.0 Å². The summed E-state index contributed by atoms with van der Waals surface area (Å²) in [6, 6.07) is 12.5. The number of rotatable bonds is 8. The topological polar surface area (TPSA) is 49.4 Å². The van der Waals surface area contributed by atoms with Gasteiger partial charge in [-0.15, -0.1) is 0 Å². The highest BCUT2D eigenvalue weighted by atomic mass is 35.5. The number of amides is 2. The van der Waals surface area contributed by atoms with Gasteiger partial charge in [0.2, 0.25) is 11.8 Å². The van der Waals surface area contributed by atoms with Crippen LogP contribution in [-0.4, -0.2) is 28.8 Å². The van der Waals surface area contributed by atoms with Crippen molar-refractivity contribution in [2.75, 3.05) is 0 Å². The van der Waals surface area contributed by atoms with E-state index in [4.69, 9.17) is 23.2 Å². The summed E-state index contributed by atoms with van der Waals surface area (Å²) in [5.41, 5.74) is 2.83. The van der Waals surface area contributed by atoms with Gasteiger partial charge in [-0.25, -0.2) is 0 Å². The number of nitrogens with one attached hydrogen (secondary N) is 1. The summed E-state index contributed by atoms with van der Waals surface area (Å²) in [5, 5.41) is 3.84. The van der Waals surface area contributed by atoms with E-state index in [0.29, 0.717) is 10.0 Å². The Balaban J connectivity index is 2.26. The van der Waals surface area contributed by atoms with E-state index in [-0.39, 0.29) is 30.8 Å². The minimum absolute atomic E-state index is 0.0450. The average molecular weight is 435 g/mol. The molecule has 0 aromatic heterocycles. The third-order valence-corrected chi connectivity index (χ3v) is 5.68. The van der Waals surface area contributed by atoms with Gasteiger partial charge in [-0.1, -0.05) is 66.0 Å². The average Bonchev–Trinajstić information content (AvgIpc) is 2.68. The summed E-state index contributed by atoms with van der Waals surface area (Å²) in [4.78, 5) is 27.5. The van der Waals surface area contributed by atoms with E-state index in [2.05, 4.69) is 5.32 Å². The fourth-order valence-electron chi connectivity index (χ4n) is 2.98. The first kappa shape index (κ1) is 23.2. The van der Waals surface area contributed by atoms with Crippen molar-refractivity contribution in [3.63, 3.8) is 0 Å². The van der Waals surface area contributed by atoms with E-state index in [0.717, 1.165) is 23.1 Å². The van der Waals surface area contributed by atoms with Gasteiger partial charge in [0.15, 0.2) is 0 Å². The van der Waals surface area contributed by atoms with Crippen molar-refractivity contribution in [2.45, 2.75) is 59.2 Å². The van der Waals surface area contributed by atoms with E-state index in [1.165, 1.54) is 0 Å². The highest BCUT2D eigenvalue weighted by Gasteiger charge is 2.27. The maximum Gasteiger partial charge on any atom is 0.242 e. The number of aryl methyl sites for hydroxylation is 1. The van der Waals surface area contributed by atoms with E-state index >= 15 is 0 Å². The fourth-order valence-corrected chi connectivity index (χ4v) is 3.30. The molecule has 1 N–H and O–H groups in total. The Morgan fingerprint density at radius 3 is 2.38 bits per heavy atom. The van der Waals surface area contributed by atoms with Crippen LogP contribution in [0.4, 0.5) is 0 Å². The molecular weight excluding hydrogens is 407 g/mol. The minimum Gasteiger partial charge on any atom is -0.352 e. The highest BCUT2D eigenvalue weighted by molar-refractivity contribution is 6.42. The smallest absolute Gasteiger partial charge is 0.242 e. The van der Waals surface area contributed by atoms with Crippen LogP contribution in [0, 0.1) is 6.92 Å². The van der Waals surface area contributed by atoms with Crippen LogP contribution in [0.25, 0.3) is 0 Å². The first-order chi connectivity index (χ1) is 13.7. The molecule has 0 radical (unpaired) electrons. The molecule has 0 spiro atoms. The van der Waals surface area contributed by atoms with Gasteiger partial charge >= 0.3 is 0 Å². The molecule has 0 unspecified atom stereocenters. The summed E-state index contributed by atoms with van der Waals surface area (Å²) in [6.07, 6.45) is 1.05. The SMILES string of the molecule is CC[C@@H](C)NC(=O)[C@H](C)N(Cc1ccc(Cl)c(Cl)c1)C(=O)Cc1cccc(C)c1. The van der Waals surface area contributed by atoms with Gasteiger partial charge in [-0.2, -0.15) is 0 Å². The van der Waals surface area contributed by atoms with E-state index in [9.17, 15) is 9.59 Å². The lowest BCUT2D eigenvalue weighted by molar-refractivity contribution is -0.140. The van der Waals surface area contributed by atoms with Crippen molar-refractivity contribution < 1.29 is 9.59 Å². The molecule has 2 atom stereocenters. The largest absolute Gasteiger partial charge is 0.352 e. The second kappa shape index (κ2) is 10.7. The zero-order chi connectivity index (χ0) is 21.6. The Bertz CT molecular complexity index is 870. The quantitative estimate of drug-likeness (QED) is 0.622. The van der Waals surface area contributed by atoms with E-state index in [1.807, 2.05) is 51.1 Å². The van der Waals surface area contributed by atoms with Crippen LogP contribution in [0.1, 0.15) is 43.9 Å². The predicted molar refractivity (Wildman–Crippen MR) is 119 cm³/mol. The molecule has 156 valence electrons. The van der Waals surface area contributed by atoms with Crippen molar-refractivity contribution in [1.82, 2.24) is 10.2 Å². The van der Waals surface area contributed by atoms with Gasteiger partial charge in [-0.3, -0.25) is 9.59 Å². The third-order valence-electron chi connectivity index (χ3n) is 4.94. The maximum atomic E-state index is 13.2. The number of nitrogens with zero attached hydrogens (tertiary/aromatic N) is 1. The standard InChI is InChI=1S/C23H28Cl2N2O2/c1-5-16(3)26-23(29)17(4)27(14-19-9-10-20(24)21(25)12-19)22(28)13-18-8-6-7-15(2)11-18/h6-12,16-17H,5,13-14H2,1-4H3,(H,26,29)/t16-,17+/m1/s1. The van der Waals surface area contributed by atoms with Crippen LogP contribution >= 0.6 is 23.2 Å². The van der Waals surface area contributed by atoms with Crippen molar-refractivity contribution in [3.05, 3.63) is 69.2 Å². The van der Waals surface area contributed by atoms with Crippen molar-refractivity contribution >= 4 is 35.0 Å². The molecule has 0 saturated heterocycles. The van der Waals surface area contributed by atoms with Crippen LogP contribution in [0.5, 0.6) is 0 Å². The lowest BCUT2D eigenvalue weighted by Gasteiger charge is -2.30. The molecule has 2 aromatic carbocycles. The summed E-state index contributed by atoms with van der Waals surface area (Å²) in [5.74, 6) is -0.287. The van der Waals surface area contributed by atoms with Gasteiger partial charge in [0, 0.05) is 12.6 Å². The molecule has 0 aliphatic carbocycles. The third kappa shape index (κ3) is 6.76. The first-order valence-electron chi connectivity index (χ1n) is 9.80. The molecular formula is C23H28Cl2N2O2. The normalized spacial score (nSPS) is 12.9. The molecule has 0 fully saturated rings. The minimum atomic E-state index is -0.615. The zero-order valence-corrected chi connectivity index (χ0v) is 18.8. The summed E-state index contributed by atoms with van der Waals surface area (Å²) in [7, 11) is 0. The number of carbonyl (C=O) groups excluding carboxylic acids is 2. The van der Waals surface area contributed by atoms with Crippen LogP contribution in [0.15, 0.2) is 42.5 Å². The molecule has 0 aliphatic heterocycles. The molecule has 4 nitrogen and oxygen atoms in total. The summed E-state index contributed by atoms with van der Waals surface area (Å²) in [6.45, 7) is 7.97. The Hall–Kier alpha value is -2.04. The van der Waals surface area contributed by atoms with Gasteiger partial charge < -0.3 is 10.2 Å². The van der Waals surface area contributed by atoms with Gasteiger partial charge in [0.25, 0.3) is 0 Å². The van der Waals surface area contributed by atoms with Crippen LogP contribution in [0.3, 0.4) is 0 Å². The summed E-state index contributed by atoms with van der Waals surface area (Å²) >= 11 is 12.2. The van der Waals surface area contributed by atoms with Crippen LogP contribution in [-0.2, 0) is 22.6 Å². The molecule has 6 heteroatoms. The monoisotopic (exact) mass is 434 g/mol. The molecule has 0 saturated carbocycles. The molecule has 0 aliphatic rings. The van der Waals surface area contributed by atoms with E-state index < -0.39 is 6.04 Å². The zero-order valence-electron chi connectivity index (χ0n) is 17.3. The van der Waals surface area contributed by atoms with Gasteiger partial charge in [-0.05, 0) is 50.5 Å². The second-order valence-electron chi connectivity index (χ2n) is 7.43. The number of carbonyl (C=O) groups is 2. The van der Waals surface area contributed by atoms with Crippen LogP contribution < -0.4 is 5.32 Å². The Morgan fingerprint density at radius 2 is 1.76 bits per heavy atom. The Kier molecular flexibility index (Phi) is 8.54. The Labute approximate surface area is 183 Å². The fraction of sp³-hybridized carbons (Fsp3) is 0.391. The lowest BCUT2D eigenvalue weighted by Crippen LogP contribution is -2.49. The first-order valence-corrected chi connectivity index (χ1v) is 10.6. The molecule has 2 amide bonds. The van der Waals surface area contributed by atoms with Crippen LogP contribution in [0.2, 0.25) is 10.0 Å². The number of halogens is 2. The molecule has 29 heavy (non-hydrogen) atoms. The van der Waals surface area contributed by atoms with Gasteiger partial charge in [0.1, 0.15) is 6.04 Å². The highest BCUT2D eigenvalue weighted by Crippen LogP contribution is 2.24. The summed E-state index contributed by atoms with van der Waals surface area (Å²) < 4.78 is 0. The predicted octanol–water partition coefficient (Wildman–Crippen LogP) is 5.18. The van der Waals surface area contributed by atoms with Crippen molar-refractivity contribution in [3.8, 4) is 0 Å². The van der Waals surface area contributed by atoms with Crippen molar-refractivity contribution in [2.24, 2.45) is 0 Å². The number of benzene rings is 2. The molecule has 0 heterocycles. The number of hydrogen-bond acceptors (Lipinski definition) is 2. The number of hydrogen-bond donors (Lipinski definition) is 1. The molecule has 0 bridgehead atoms.